The van der Waals surface area contributed by atoms with Crippen molar-refractivity contribution in [2.24, 2.45) is 5.73 Å². The van der Waals surface area contributed by atoms with Gasteiger partial charge in [0.15, 0.2) is 0 Å². The van der Waals surface area contributed by atoms with Gasteiger partial charge < -0.3 is 16.0 Å². The predicted octanol–water partition coefficient (Wildman–Crippen LogP) is 0.561. The van der Waals surface area contributed by atoms with E-state index in [9.17, 15) is 4.79 Å². The lowest BCUT2D eigenvalue weighted by Gasteiger charge is -2.28. The van der Waals surface area contributed by atoms with Gasteiger partial charge in [-0.25, -0.2) is 0 Å². The number of thiocarbonyl (C=S) groups is 1. The molecule has 0 aliphatic carbocycles. The summed E-state index contributed by atoms with van der Waals surface area (Å²) in [6.07, 6.45) is 0.476. The summed E-state index contributed by atoms with van der Waals surface area (Å²) in [6, 6.07) is 7.53. The Bertz CT molecular complexity index is 455. The van der Waals surface area contributed by atoms with E-state index in [4.69, 9.17) is 18.0 Å². The molecule has 0 radical (unpaired) electrons. The van der Waals surface area contributed by atoms with Crippen LogP contribution in [-0.4, -0.2) is 42.0 Å². The molecular formula is C13H17N3OS. The van der Waals surface area contributed by atoms with Gasteiger partial charge >= 0.3 is 0 Å². The van der Waals surface area contributed by atoms with Gasteiger partial charge in [-0.1, -0.05) is 30.4 Å². The second-order valence-corrected chi connectivity index (χ2v) is 4.87. The zero-order valence-electron chi connectivity index (χ0n) is 10.2. The lowest BCUT2D eigenvalue weighted by molar-refractivity contribution is 0.0735. The molecule has 3 N–H and O–H groups in total. The van der Waals surface area contributed by atoms with Crippen LogP contribution >= 0.6 is 12.2 Å². The molecule has 1 aliphatic rings. The molecule has 0 saturated carbocycles. The molecule has 0 aromatic heterocycles. The van der Waals surface area contributed by atoms with Crippen molar-refractivity contribution in [3.63, 3.8) is 0 Å². The molecule has 1 heterocycles. The normalized spacial score (nSPS) is 15.4. The number of nitrogens with one attached hydrogen (secondary N) is 1. The molecule has 0 atom stereocenters. The van der Waals surface area contributed by atoms with Crippen LogP contribution in [-0.2, 0) is 6.42 Å². The standard InChI is InChI=1S/C13H17N3OS/c14-12(18)9-10-3-1-2-4-11(10)13(17)16-7-5-15-6-8-16/h1-4,15H,5-9H2,(H2,14,18). The van der Waals surface area contributed by atoms with Crippen LogP contribution in [0, 0.1) is 0 Å². The molecule has 0 spiro atoms. The fourth-order valence-corrected chi connectivity index (χ4v) is 2.26. The van der Waals surface area contributed by atoms with Gasteiger partial charge in [-0.2, -0.15) is 0 Å². The topological polar surface area (TPSA) is 58.4 Å². The van der Waals surface area contributed by atoms with Gasteiger partial charge in [0.05, 0.1) is 4.99 Å². The summed E-state index contributed by atoms with van der Waals surface area (Å²) in [5.74, 6) is 0.0725. The van der Waals surface area contributed by atoms with Crippen LogP contribution in [0.5, 0.6) is 0 Å². The van der Waals surface area contributed by atoms with Gasteiger partial charge in [0, 0.05) is 38.2 Å². The first kappa shape index (κ1) is 13.0. The molecule has 5 heteroatoms. The highest BCUT2D eigenvalue weighted by Crippen LogP contribution is 2.13. The number of nitrogens with two attached hydrogens (primary N) is 1. The van der Waals surface area contributed by atoms with Crippen LogP contribution < -0.4 is 11.1 Å². The van der Waals surface area contributed by atoms with Crippen molar-refractivity contribution < 1.29 is 4.79 Å². The lowest BCUT2D eigenvalue weighted by Crippen LogP contribution is -2.46. The highest BCUT2D eigenvalue weighted by atomic mass is 32.1. The number of nitrogens with zero attached hydrogens (tertiary/aromatic N) is 1. The summed E-state index contributed by atoms with van der Waals surface area (Å²) in [6.45, 7) is 3.20. The molecule has 0 bridgehead atoms. The van der Waals surface area contributed by atoms with Gasteiger partial charge in [-0.05, 0) is 11.6 Å². The number of piperazine rings is 1. The quantitative estimate of drug-likeness (QED) is 0.782. The lowest BCUT2D eigenvalue weighted by atomic mass is 10.0. The van der Waals surface area contributed by atoms with Gasteiger partial charge in [0.2, 0.25) is 0 Å². The van der Waals surface area contributed by atoms with E-state index in [1.165, 1.54) is 0 Å². The smallest absolute Gasteiger partial charge is 0.254 e. The van der Waals surface area contributed by atoms with E-state index in [1.54, 1.807) is 0 Å². The maximum Gasteiger partial charge on any atom is 0.254 e. The summed E-state index contributed by atoms with van der Waals surface area (Å²) in [5, 5.41) is 3.23. The summed E-state index contributed by atoms with van der Waals surface area (Å²) in [5.41, 5.74) is 7.19. The van der Waals surface area contributed by atoms with Crippen LogP contribution in [0.3, 0.4) is 0 Å². The van der Waals surface area contributed by atoms with Crippen molar-refractivity contribution in [3.8, 4) is 0 Å². The predicted molar refractivity (Wildman–Crippen MR) is 75.7 cm³/mol. The molecule has 0 unspecified atom stereocenters. The van der Waals surface area contributed by atoms with E-state index in [-0.39, 0.29) is 5.91 Å². The largest absolute Gasteiger partial charge is 0.393 e. The molecule has 1 saturated heterocycles. The zero-order valence-corrected chi connectivity index (χ0v) is 11.0. The first-order valence-electron chi connectivity index (χ1n) is 6.04. The van der Waals surface area contributed by atoms with Crippen LogP contribution in [0.25, 0.3) is 0 Å². The van der Waals surface area contributed by atoms with Crippen molar-refractivity contribution in [1.82, 2.24) is 10.2 Å². The fraction of sp³-hybridized carbons (Fsp3) is 0.385. The minimum Gasteiger partial charge on any atom is -0.393 e. The number of hydrogen-bond acceptors (Lipinski definition) is 3. The third-order valence-corrected chi connectivity index (χ3v) is 3.16. The zero-order chi connectivity index (χ0) is 13.0. The van der Waals surface area contributed by atoms with Crippen LogP contribution in [0.4, 0.5) is 0 Å². The van der Waals surface area contributed by atoms with Crippen LogP contribution in [0.15, 0.2) is 24.3 Å². The molecule has 2 rings (SSSR count). The number of carbonyl (C=O) groups excluding carboxylic acids is 1. The van der Waals surface area contributed by atoms with E-state index in [0.29, 0.717) is 17.0 Å². The number of rotatable bonds is 3. The molecule has 1 fully saturated rings. The molecule has 96 valence electrons. The Morgan fingerprint density at radius 3 is 2.67 bits per heavy atom. The first-order valence-corrected chi connectivity index (χ1v) is 6.45. The Kier molecular flexibility index (Phi) is 4.28. The molecule has 1 aromatic rings. The number of hydrogen-bond donors (Lipinski definition) is 2. The van der Waals surface area contributed by atoms with Crippen molar-refractivity contribution >= 4 is 23.1 Å². The summed E-state index contributed by atoms with van der Waals surface area (Å²) < 4.78 is 0. The third-order valence-electron chi connectivity index (χ3n) is 3.02. The number of carbonyl (C=O) groups is 1. The van der Waals surface area contributed by atoms with Crippen molar-refractivity contribution in [1.29, 1.82) is 0 Å². The van der Waals surface area contributed by atoms with Gasteiger partial charge in [-0.15, -0.1) is 0 Å². The minimum absolute atomic E-state index is 0.0725. The van der Waals surface area contributed by atoms with Gasteiger partial charge in [-0.3, -0.25) is 4.79 Å². The number of amides is 1. The summed E-state index contributed by atoms with van der Waals surface area (Å²) >= 11 is 4.92. The van der Waals surface area contributed by atoms with E-state index < -0.39 is 0 Å². The maximum absolute atomic E-state index is 12.4. The Balaban J connectivity index is 2.20. The Morgan fingerprint density at radius 1 is 1.33 bits per heavy atom. The van der Waals surface area contributed by atoms with Crippen LogP contribution in [0.1, 0.15) is 15.9 Å². The van der Waals surface area contributed by atoms with Gasteiger partial charge in [0.25, 0.3) is 5.91 Å². The molecule has 18 heavy (non-hydrogen) atoms. The van der Waals surface area contributed by atoms with Crippen molar-refractivity contribution in [2.45, 2.75) is 6.42 Å². The Labute approximate surface area is 112 Å². The van der Waals surface area contributed by atoms with E-state index >= 15 is 0 Å². The Hall–Kier alpha value is -1.46. The maximum atomic E-state index is 12.4. The second kappa shape index (κ2) is 5.93. The first-order chi connectivity index (χ1) is 8.68. The molecular weight excluding hydrogens is 246 g/mol. The fourth-order valence-electron chi connectivity index (χ4n) is 2.11. The molecule has 1 amide bonds. The average Bonchev–Trinajstić information content (AvgIpc) is 2.39. The van der Waals surface area contributed by atoms with E-state index in [0.717, 1.165) is 31.7 Å². The number of benzene rings is 1. The van der Waals surface area contributed by atoms with E-state index in [1.807, 2.05) is 29.2 Å². The second-order valence-electron chi connectivity index (χ2n) is 4.34. The molecule has 1 aliphatic heterocycles. The van der Waals surface area contributed by atoms with Crippen LogP contribution in [0.2, 0.25) is 0 Å². The van der Waals surface area contributed by atoms with E-state index in [2.05, 4.69) is 5.32 Å². The summed E-state index contributed by atoms with van der Waals surface area (Å²) in [7, 11) is 0. The minimum atomic E-state index is 0.0725. The average molecular weight is 263 g/mol. The van der Waals surface area contributed by atoms with Gasteiger partial charge in [0.1, 0.15) is 0 Å². The summed E-state index contributed by atoms with van der Waals surface area (Å²) in [4.78, 5) is 14.7. The SMILES string of the molecule is NC(=S)Cc1ccccc1C(=O)N1CCNCC1. The highest BCUT2D eigenvalue weighted by molar-refractivity contribution is 7.80. The third kappa shape index (κ3) is 3.05. The highest BCUT2D eigenvalue weighted by Gasteiger charge is 2.20. The molecule has 4 nitrogen and oxygen atoms in total. The molecule has 1 aromatic carbocycles. The Morgan fingerprint density at radius 2 is 2.00 bits per heavy atom. The van der Waals surface area contributed by atoms with Crippen molar-refractivity contribution in [2.75, 3.05) is 26.2 Å². The van der Waals surface area contributed by atoms with Crippen molar-refractivity contribution in [3.05, 3.63) is 35.4 Å². The monoisotopic (exact) mass is 263 g/mol.